The van der Waals surface area contributed by atoms with Crippen LogP contribution in [0.2, 0.25) is 5.02 Å². The van der Waals surface area contributed by atoms with Crippen molar-refractivity contribution >= 4 is 38.8 Å². The number of halogens is 2. The van der Waals surface area contributed by atoms with Gasteiger partial charge in [0, 0.05) is 5.69 Å². The van der Waals surface area contributed by atoms with E-state index in [1.54, 1.807) is 19.9 Å². The minimum absolute atomic E-state index is 0.00167. The van der Waals surface area contributed by atoms with E-state index in [-0.39, 0.29) is 15.7 Å². The van der Waals surface area contributed by atoms with Crippen LogP contribution in [0.4, 0.5) is 21.6 Å². The SMILES string of the molecule is Cc1n[nH]c(C)c1S(=O)(=O)Nc1ccc(Nc2ccc(F)c(Cl)c2)cn1. The molecule has 0 atom stereocenters. The van der Waals surface area contributed by atoms with Crippen LogP contribution in [0.15, 0.2) is 41.4 Å². The number of pyridine rings is 1. The Kier molecular flexibility index (Phi) is 4.84. The van der Waals surface area contributed by atoms with E-state index in [0.717, 1.165) is 0 Å². The molecule has 0 saturated heterocycles. The van der Waals surface area contributed by atoms with Crippen LogP contribution in [0.5, 0.6) is 0 Å². The fourth-order valence-electron chi connectivity index (χ4n) is 2.39. The Hall–Kier alpha value is -2.65. The molecule has 26 heavy (non-hydrogen) atoms. The highest BCUT2D eigenvalue weighted by Crippen LogP contribution is 2.24. The van der Waals surface area contributed by atoms with Gasteiger partial charge in [0.25, 0.3) is 10.0 Å². The lowest BCUT2D eigenvalue weighted by Gasteiger charge is -2.10. The van der Waals surface area contributed by atoms with Crippen LogP contribution in [-0.4, -0.2) is 23.6 Å². The molecule has 0 aliphatic heterocycles. The molecule has 2 heterocycles. The van der Waals surface area contributed by atoms with Gasteiger partial charge in [0.2, 0.25) is 0 Å². The van der Waals surface area contributed by atoms with E-state index in [1.165, 1.54) is 30.5 Å². The zero-order valence-corrected chi connectivity index (χ0v) is 15.4. The van der Waals surface area contributed by atoms with Gasteiger partial charge in [-0.1, -0.05) is 11.6 Å². The number of sulfonamides is 1. The first-order chi connectivity index (χ1) is 12.3. The Morgan fingerprint density at radius 3 is 2.46 bits per heavy atom. The molecule has 0 spiro atoms. The maximum Gasteiger partial charge on any atom is 0.266 e. The third-order valence-electron chi connectivity index (χ3n) is 3.54. The molecule has 0 amide bonds. The molecular weight excluding hydrogens is 381 g/mol. The molecule has 0 saturated carbocycles. The van der Waals surface area contributed by atoms with E-state index in [1.807, 2.05) is 0 Å². The Bertz CT molecular complexity index is 1030. The van der Waals surface area contributed by atoms with Gasteiger partial charge in [-0.25, -0.2) is 17.8 Å². The molecule has 10 heteroatoms. The molecule has 1 aromatic carbocycles. The summed E-state index contributed by atoms with van der Waals surface area (Å²) in [5.41, 5.74) is 1.99. The van der Waals surface area contributed by atoms with Crippen LogP contribution < -0.4 is 10.0 Å². The normalized spacial score (nSPS) is 11.4. The number of hydrogen-bond donors (Lipinski definition) is 3. The van der Waals surface area contributed by atoms with E-state index in [2.05, 4.69) is 25.2 Å². The van der Waals surface area contributed by atoms with Gasteiger partial charge in [0.1, 0.15) is 16.5 Å². The number of rotatable bonds is 5. The van der Waals surface area contributed by atoms with Crippen molar-refractivity contribution < 1.29 is 12.8 Å². The van der Waals surface area contributed by atoms with Crippen molar-refractivity contribution in [3.05, 3.63) is 58.8 Å². The number of aryl methyl sites for hydroxylation is 2. The maximum absolute atomic E-state index is 13.2. The topological polar surface area (TPSA) is 99.8 Å². The summed E-state index contributed by atoms with van der Waals surface area (Å²) in [6.45, 7) is 3.23. The number of aromatic nitrogens is 3. The number of H-pyrrole nitrogens is 1. The van der Waals surface area contributed by atoms with Crippen LogP contribution in [0, 0.1) is 19.7 Å². The highest BCUT2D eigenvalue weighted by atomic mass is 35.5. The second kappa shape index (κ2) is 6.93. The molecule has 0 bridgehead atoms. The lowest BCUT2D eigenvalue weighted by atomic mass is 10.3. The number of benzene rings is 1. The predicted octanol–water partition coefficient (Wildman–Crippen LogP) is 3.76. The van der Waals surface area contributed by atoms with Crippen molar-refractivity contribution in [3.63, 3.8) is 0 Å². The summed E-state index contributed by atoms with van der Waals surface area (Å²) in [6.07, 6.45) is 1.45. The lowest BCUT2D eigenvalue weighted by molar-refractivity contribution is 0.600. The Morgan fingerprint density at radius 2 is 1.88 bits per heavy atom. The summed E-state index contributed by atoms with van der Waals surface area (Å²) in [7, 11) is -3.80. The van der Waals surface area contributed by atoms with Gasteiger partial charge in [-0.3, -0.25) is 9.82 Å². The predicted molar refractivity (Wildman–Crippen MR) is 97.8 cm³/mol. The molecular formula is C16H15ClFN5O2S. The molecule has 0 fully saturated rings. The van der Waals surface area contributed by atoms with Crippen molar-refractivity contribution in [1.82, 2.24) is 15.2 Å². The van der Waals surface area contributed by atoms with Crippen LogP contribution in [0.3, 0.4) is 0 Å². The largest absolute Gasteiger partial charge is 0.354 e. The molecule has 0 radical (unpaired) electrons. The van der Waals surface area contributed by atoms with Crippen LogP contribution in [0.25, 0.3) is 0 Å². The zero-order valence-electron chi connectivity index (χ0n) is 13.8. The second-order valence-electron chi connectivity index (χ2n) is 5.55. The highest BCUT2D eigenvalue weighted by molar-refractivity contribution is 7.92. The Balaban J connectivity index is 1.76. The summed E-state index contributed by atoms with van der Waals surface area (Å²) in [5, 5.41) is 9.52. The molecule has 2 aromatic heterocycles. The van der Waals surface area contributed by atoms with E-state index in [9.17, 15) is 12.8 Å². The molecule has 3 rings (SSSR count). The number of nitrogens with zero attached hydrogens (tertiary/aromatic N) is 2. The minimum Gasteiger partial charge on any atom is -0.354 e. The quantitative estimate of drug-likeness (QED) is 0.610. The number of nitrogens with one attached hydrogen (secondary N) is 3. The standard InChI is InChI=1S/C16H15ClFN5O2S/c1-9-16(10(2)22-21-9)26(24,25)23-15-6-4-12(8-19-15)20-11-3-5-14(18)13(17)7-11/h3-8,20H,1-2H3,(H,19,23)(H,21,22). The average Bonchev–Trinajstić information content (AvgIpc) is 2.92. The monoisotopic (exact) mass is 395 g/mol. The van der Waals surface area contributed by atoms with Crippen molar-refractivity contribution in [2.75, 3.05) is 10.0 Å². The van der Waals surface area contributed by atoms with Crippen LogP contribution >= 0.6 is 11.6 Å². The highest BCUT2D eigenvalue weighted by Gasteiger charge is 2.22. The van der Waals surface area contributed by atoms with Gasteiger partial charge >= 0.3 is 0 Å². The average molecular weight is 396 g/mol. The van der Waals surface area contributed by atoms with Crippen LogP contribution in [0.1, 0.15) is 11.4 Å². The summed E-state index contributed by atoms with van der Waals surface area (Å²) < 4.78 is 40.5. The summed E-state index contributed by atoms with van der Waals surface area (Å²) in [5.74, 6) is -0.349. The third-order valence-corrected chi connectivity index (χ3v) is 5.45. The van der Waals surface area contributed by atoms with E-state index in [0.29, 0.717) is 22.8 Å². The smallest absolute Gasteiger partial charge is 0.266 e. The van der Waals surface area contributed by atoms with Gasteiger partial charge in [-0.2, -0.15) is 5.10 Å². The molecule has 0 aliphatic carbocycles. The van der Waals surface area contributed by atoms with E-state index >= 15 is 0 Å². The summed E-state index contributed by atoms with van der Waals surface area (Å²) in [6, 6.07) is 7.36. The fraction of sp³-hybridized carbons (Fsp3) is 0.125. The summed E-state index contributed by atoms with van der Waals surface area (Å²) >= 11 is 5.74. The first-order valence-corrected chi connectivity index (χ1v) is 9.35. The molecule has 136 valence electrons. The molecule has 7 nitrogen and oxygen atoms in total. The number of anilines is 3. The Morgan fingerprint density at radius 1 is 1.15 bits per heavy atom. The summed E-state index contributed by atoms with van der Waals surface area (Å²) in [4.78, 5) is 4.18. The van der Waals surface area contributed by atoms with E-state index in [4.69, 9.17) is 11.6 Å². The van der Waals surface area contributed by atoms with Gasteiger partial charge in [0.05, 0.1) is 28.3 Å². The number of hydrogen-bond acceptors (Lipinski definition) is 5. The second-order valence-corrected chi connectivity index (χ2v) is 7.58. The van der Waals surface area contributed by atoms with Crippen molar-refractivity contribution in [1.29, 1.82) is 0 Å². The van der Waals surface area contributed by atoms with Crippen molar-refractivity contribution in [3.8, 4) is 0 Å². The van der Waals surface area contributed by atoms with Gasteiger partial charge in [0.15, 0.2) is 0 Å². The first-order valence-electron chi connectivity index (χ1n) is 7.49. The molecule has 3 aromatic rings. The first kappa shape index (κ1) is 18.2. The maximum atomic E-state index is 13.2. The van der Waals surface area contributed by atoms with Gasteiger partial charge < -0.3 is 5.32 Å². The van der Waals surface area contributed by atoms with Crippen LogP contribution in [-0.2, 0) is 10.0 Å². The molecule has 3 N–H and O–H groups in total. The lowest BCUT2D eigenvalue weighted by Crippen LogP contribution is -2.15. The fourth-order valence-corrected chi connectivity index (χ4v) is 3.96. The third kappa shape index (κ3) is 3.78. The molecule has 0 unspecified atom stereocenters. The van der Waals surface area contributed by atoms with Crippen molar-refractivity contribution in [2.45, 2.75) is 18.7 Å². The van der Waals surface area contributed by atoms with Gasteiger partial charge in [-0.15, -0.1) is 0 Å². The van der Waals surface area contributed by atoms with E-state index < -0.39 is 15.8 Å². The number of aromatic amines is 1. The van der Waals surface area contributed by atoms with Crippen molar-refractivity contribution in [2.24, 2.45) is 0 Å². The molecule has 0 aliphatic rings. The Labute approximate surface area is 154 Å². The zero-order chi connectivity index (χ0) is 18.9. The van der Waals surface area contributed by atoms with Gasteiger partial charge in [-0.05, 0) is 44.2 Å². The minimum atomic E-state index is -3.80.